The molecular formula is C30H21F2N7O2. The van der Waals surface area contributed by atoms with Crippen LogP contribution < -0.4 is 11.2 Å². The second-order valence-electron chi connectivity index (χ2n) is 9.77. The smallest absolute Gasteiger partial charge is 0.203 e. The molecule has 7 aromatic rings. The van der Waals surface area contributed by atoms with Gasteiger partial charge in [0.05, 0.1) is 22.0 Å². The van der Waals surface area contributed by atoms with Crippen molar-refractivity contribution >= 4 is 38.9 Å². The van der Waals surface area contributed by atoms with E-state index in [1.165, 1.54) is 42.7 Å². The van der Waals surface area contributed by atoms with Gasteiger partial charge in [-0.05, 0) is 55.8 Å². The topological polar surface area (TPSA) is 129 Å². The molecule has 9 nitrogen and oxygen atoms in total. The number of nitrogens with zero attached hydrogens (tertiary/aromatic N) is 5. The molecule has 0 radical (unpaired) electrons. The monoisotopic (exact) mass is 549 g/mol. The number of anilines is 1. The predicted molar refractivity (Wildman–Crippen MR) is 151 cm³/mol. The molecule has 0 aliphatic carbocycles. The fraction of sp³-hybridized carbons (Fsp3) is 0.100. The lowest BCUT2D eigenvalue weighted by Crippen LogP contribution is -2.17. The maximum absolute atomic E-state index is 14.8. The lowest BCUT2D eigenvalue weighted by atomic mass is 9.99. The Morgan fingerprint density at radius 3 is 2.66 bits per heavy atom. The van der Waals surface area contributed by atoms with Gasteiger partial charge in [-0.15, -0.1) is 0 Å². The molecule has 0 aliphatic heterocycles. The number of nitrogens with two attached hydrogens (primary N) is 1. The number of nitrogens with one attached hydrogen (secondary N) is 1. The Labute approximate surface area is 230 Å². The van der Waals surface area contributed by atoms with Crippen LogP contribution in [0.25, 0.3) is 55.4 Å². The SMILES string of the molecule is Cc1nc2ccc(-c3nn(C(C)c4oc5cccc(F)c5c(=O)c4-c4cccc(F)c4)c4ncnc(N)c34)cc2[nH]1. The van der Waals surface area contributed by atoms with Crippen LogP contribution in [0.2, 0.25) is 0 Å². The quantitative estimate of drug-likeness (QED) is 0.279. The van der Waals surface area contributed by atoms with Crippen LogP contribution in [0, 0.1) is 18.6 Å². The van der Waals surface area contributed by atoms with Gasteiger partial charge in [0, 0.05) is 5.56 Å². The Balaban J connectivity index is 1.50. The van der Waals surface area contributed by atoms with Crippen molar-refractivity contribution in [2.24, 2.45) is 0 Å². The van der Waals surface area contributed by atoms with Crippen LogP contribution in [0.4, 0.5) is 14.6 Å². The van der Waals surface area contributed by atoms with Crippen molar-refractivity contribution in [3.63, 3.8) is 0 Å². The van der Waals surface area contributed by atoms with Crippen LogP contribution in [-0.2, 0) is 0 Å². The Bertz CT molecular complexity index is 2220. The minimum Gasteiger partial charge on any atom is -0.458 e. The molecule has 0 spiro atoms. The van der Waals surface area contributed by atoms with E-state index >= 15 is 0 Å². The summed E-state index contributed by atoms with van der Waals surface area (Å²) in [6.45, 7) is 3.64. The third kappa shape index (κ3) is 3.85. The number of imidazole rings is 1. The molecule has 7 rings (SSSR count). The third-order valence-corrected chi connectivity index (χ3v) is 7.15. The molecule has 0 amide bonds. The summed E-state index contributed by atoms with van der Waals surface area (Å²) < 4.78 is 37.0. The van der Waals surface area contributed by atoms with Crippen molar-refractivity contribution in [3.05, 3.63) is 100 Å². The van der Waals surface area contributed by atoms with Gasteiger partial charge in [0.1, 0.15) is 58.1 Å². The van der Waals surface area contributed by atoms with E-state index in [0.29, 0.717) is 16.7 Å². The summed E-state index contributed by atoms with van der Waals surface area (Å²) >= 11 is 0. The summed E-state index contributed by atoms with van der Waals surface area (Å²) in [6, 6.07) is 14.6. The molecule has 0 aliphatic rings. The highest BCUT2D eigenvalue weighted by Gasteiger charge is 2.28. The molecule has 0 saturated heterocycles. The van der Waals surface area contributed by atoms with Crippen LogP contribution >= 0.6 is 0 Å². The fourth-order valence-electron chi connectivity index (χ4n) is 5.29. The number of aromatic nitrogens is 6. The summed E-state index contributed by atoms with van der Waals surface area (Å²) in [5, 5.41) is 5.17. The Kier molecular flexibility index (Phi) is 5.43. The Morgan fingerprint density at radius 2 is 1.83 bits per heavy atom. The number of hydrogen-bond donors (Lipinski definition) is 2. The number of benzene rings is 3. The maximum Gasteiger partial charge on any atom is 0.203 e. The molecule has 3 aromatic carbocycles. The summed E-state index contributed by atoms with van der Waals surface area (Å²) in [5.74, 6) is -0.129. The van der Waals surface area contributed by atoms with Gasteiger partial charge in [-0.2, -0.15) is 5.10 Å². The first-order valence-corrected chi connectivity index (χ1v) is 12.8. The molecule has 4 aromatic heterocycles. The van der Waals surface area contributed by atoms with Gasteiger partial charge in [0.25, 0.3) is 0 Å². The molecule has 0 saturated carbocycles. The van der Waals surface area contributed by atoms with Crippen molar-refractivity contribution in [1.29, 1.82) is 0 Å². The highest BCUT2D eigenvalue weighted by atomic mass is 19.1. The number of rotatable bonds is 4. The normalized spacial score (nSPS) is 12.5. The van der Waals surface area contributed by atoms with E-state index in [9.17, 15) is 13.6 Å². The van der Waals surface area contributed by atoms with Gasteiger partial charge >= 0.3 is 0 Å². The molecule has 41 heavy (non-hydrogen) atoms. The predicted octanol–water partition coefficient (Wildman–Crippen LogP) is 5.92. The van der Waals surface area contributed by atoms with Crippen molar-refractivity contribution in [3.8, 4) is 22.4 Å². The minimum atomic E-state index is -0.752. The molecule has 4 heterocycles. The summed E-state index contributed by atoms with van der Waals surface area (Å²) in [5.41, 5.74) is 9.32. The highest BCUT2D eigenvalue weighted by Crippen LogP contribution is 2.37. The van der Waals surface area contributed by atoms with Crippen molar-refractivity contribution in [2.75, 3.05) is 5.73 Å². The zero-order chi connectivity index (χ0) is 28.4. The molecule has 202 valence electrons. The number of halogens is 2. The van der Waals surface area contributed by atoms with E-state index in [1.807, 2.05) is 25.1 Å². The van der Waals surface area contributed by atoms with Crippen LogP contribution in [0.15, 0.2) is 76.2 Å². The molecule has 1 unspecified atom stereocenters. The van der Waals surface area contributed by atoms with Gasteiger partial charge in [0.2, 0.25) is 5.43 Å². The maximum atomic E-state index is 14.8. The van der Waals surface area contributed by atoms with E-state index in [-0.39, 0.29) is 33.7 Å². The number of hydrogen-bond acceptors (Lipinski definition) is 7. The van der Waals surface area contributed by atoms with E-state index in [4.69, 9.17) is 15.2 Å². The Morgan fingerprint density at radius 1 is 1.00 bits per heavy atom. The number of aryl methyl sites for hydroxylation is 1. The van der Waals surface area contributed by atoms with Crippen molar-refractivity contribution in [2.45, 2.75) is 19.9 Å². The fourth-order valence-corrected chi connectivity index (χ4v) is 5.29. The summed E-state index contributed by atoms with van der Waals surface area (Å²) in [6.07, 6.45) is 1.33. The first-order valence-electron chi connectivity index (χ1n) is 12.8. The second kappa shape index (κ2) is 9.05. The van der Waals surface area contributed by atoms with Crippen LogP contribution in [0.5, 0.6) is 0 Å². The first kappa shape index (κ1) is 24.6. The number of aromatic amines is 1. The van der Waals surface area contributed by atoms with E-state index < -0.39 is 23.1 Å². The molecule has 11 heteroatoms. The van der Waals surface area contributed by atoms with E-state index in [2.05, 4.69) is 19.9 Å². The average molecular weight is 550 g/mol. The molecule has 0 fully saturated rings. The van der Waals surface area contributed by atoms with Gasteiger partial charge in [-0.25, -0.2) is 28.4 Å². The zero-order valence-corrected chi connectivity index (χ0v) is 21.8. The van der Waals surface area contributed by atoms with E-state index in [0.717, 1.165) is 22.4 Å². The Hall–Kier alpha value is -5.45. The van der Waals surface area contributed by atoms with Gasteiger partial charge in [-0.3, -0.25) is 4.79 Å². The second-order valence-corrected chi connectivity index (χ2v) is 9.77. The van der Waals surface area contributed by atoms with Crippen molar-refractivity contribution < 1.29 is 13.2 Å². The van der Waals surface area contributed by atoms with Gasteiger partial charge in [-0.1, -0.05) is 24.3 Å². The molecule has 1 atom stereocenters. The minimum absolute atomic E-state index is 0.0242. The van der Waals surface area contributed by atoms with Crippen LogP contribution in [0.1, 0.15) is 24.6 Å². The van der Waals surface area contributed by atoms with E-state index in [1.54, 1.807) is 17.7 Å². The largest absolute Gasteiger partial charge is 0.458 e. The number of H-pyrrole nitrogens is 1. The molecular weight excluding hydrogens is 528 g/mol. The summed E-state index contributed by atoms with van der Waals surface area (Å²) in [7, 11) is 0. The van der Waals surface area contributed by atoms with Gasteiger partial charge in [0.15, 0.2) is 5.65 Å². The van der Waals surface area contributed by atoms with Crippen LogP contribution in [-0.4, -0.2) is 29.7 Å². The highest BCUT2D eigenvalue weighted by molar-refractivity contribution is 5.99. The first-order chi connectivity index (χ1) is 19.8. The standard InChI is InChI=1S/C30H21F2N7O2/c1-14(28-23(16-5-3-6-18(31)11-16)27(40)24-19(32)7-4-8-22(24)41-28)39-30-25(29(33)34-13-35-30)26(38-39)17-9-10-20-21(12-17)37-15(2)36-20/h3-14H,1-2H3,(H,36,37)(H2,33,34,35). The van der Waals surface area contributed by atoms with Gasteiger partial charge < -0.3 is 15.1 Å². The molecule has 0 bridgehead atoms. The lowest BCUT2D eigenvalue weighted by Gasteiger charge is -2.17. The third-order valence-electron chi connectivity index (χ3n) is 7.15. The zero-order valence-electron chi connectivity index (χ0n) is 21.8. The average Bonchev–Trinajstić information content (AvgIpc) is 3.52. The number of fused-ring (bicyclic) bond motifs is 3. The number of nitrogen functional groups attached to an aromatic ring is 1. The summed E-state index contributed by atoms with van der Waals surface area (Å²) in [4.78, 5) is 30.1. The molecule has 3 N–H and O–H groups in total. The lowest BCUT2D eigenvalue weighted by molar-refractivity contribution is 0.445. The van der Waals surface area contributed by atoms with Crippen molar-refractivity contribution in [1.82, 2.24) is 29.7 Å². The van der Waals surface area contributed by atoms with Crippen LogP contribution in [0.3, 0.4) is 0 Å².